The molecule has 0 radical (unpaired) electrons. The number of hydrazine groups is 1. The van der Waals surface area contributed by atoms with Gasteiger partial charge in [-0.25, -0.2) is 0 Å². The Balaban J connectivity index is 1.55. The van der Waals surface area contributed by atoms with Gasteiger partial charge in [0, 0.05) is 16.6 Å². The maximum absolute atomic E-state index is 12.8. The van der Waals surface area contributed by atoms with Gasteiger partial charge in [0.2, 0.25) is 5.91 Å². The smallest absolute Gasteiger partial charge is 0.311 e. The highest BCUT2D eigenvalue weighted by atomic mass is 79.9. The van der Waals surface area contributed by atoms with Crippen LogP contribution in [0, 0.1) is 19.8 Å². The molecule has 0 saturated carbocycles. The first-order valence-corrected chi connectivity index (χ1v) is 11.5. The van der Waals surface area contributed by atoms with Crippen LogP contribution < -0.4 is 20.2 Å². The summed E-state index contributed by atoms with van der Waals surface area (Å²) in [4.78, 5) is 49.9. The van der Waals surface area contributed by atoms with Crippen molar-refractivity contribution in [3.05, 3.63) is 51.5 Å². The zero-order valence-corrected chi connectivity index (χ0v) is 21.4. The minimum atomic E-state index is -0.827. The topological polar surface area (TPSA) is 123 Å². The molecule has 10 nitrogen and oxygen atoms in total. The number of aryl methyl sites for hydroxylation is 2. The molecule has 1 aliphatic heterocycles. The number of nitrogens with zero attached hydrogens (tertiary/aromatic N) is 1. The summed E-state index contributed by atoms with van der Waals surface area (Å²) in [5.41, 5.74) is 5.09. The number of carbonyl (C=O) groups is 4. The molecular formula is C24H26BrN3O7. The minimum absolute atomic E-state index is 0.0897. The van der Waals surface area contributed by atoms with Gasteiger partial charge in [0.05, 0.1) is 26.7 Å². The van der Waals surface area contributed by atoms with E-state index < -0.39 is 36.2 Å². The number of anilines is 1. The van der Waals surface area contributed by atoms with E-state index in [1.54, 1.807) is 30.3 Å². The van der Waals surface area contributed by atoms with Crippen LogP contribution in [-0.4, -0.2) is 56.1 Å². The first kappa shape index (κ1) is 26.0. The second kappa shape index (κ2) is 11.2. The number of hydrogen-bond donors (Lipinski definition) is 2. The van der Waals surface area contributed by atoms with Crippen molar-refractivity contribution in [2.45, 2.75) is 20.3 Å². The number of halogens is 1. The maximum atomic E-state index is 12.8. The van der Waals surface area contributed by atoms with Crippen molar-refractivity contribution in [3.8, 4) is 11.5 Å². The lowest BCUT2D eigenvalue weighted by Gasteiger charge is -2.19. The van der Waals surface area contributed by atoms with E-state index in [1.807, 2.05) is 13.8 Å². The Morgan fingerprint density at radius 3 is 2.26 bits per heavy atom. The quantitative estimate of drug-likeness (QED) is 0.487. The summed E-state index contributed by atoms with van der Waals surface area (Å²) in [6.07, 6.45) is -0.158. The lowest BCUT2D eigenvalue weighted by Crippen LogP contribution is -2.43. The van der Waals surface area contributed by atoms with Crippen molar-refractivity contribution in [1.29, 1.82) is 0 Å². The molecule has 11 heteroatoms. The van der Waals surface area contributed by atoms with Crippen LogP contribution in [0.4, 0.5) is 5.69 Å². The lowest BCUT2D eigenvalue weighted by molar-refractivity contribution is -0.151. The third kappa shape index (κ3) is 6.10. The highest BCUT2D eigenvalue weighted by Gasteiger charge is 2.37. The molecule has 2 aromatic rings. The molecule has 0 spiro atoms. The first-order chi connectivity index (χ1) is 16.6. The average Bonchev–Trinajstić information content (AvgIpc) is 3.20. The number of ether oxygens (including phenoxy) is 3. The Kier molecular flexibility index (Phi) is 8.34. The Labute approximate surface area is 211 Å². The molecule has 3 amide bonds. The fourth-order valence-electron chi connectivity index (χ4n) is 3.70. The van der Waals surface area contributed by atoms with E-state index in [0.717, 1.165) is 20.6 Å². The van der Waals surface area contributed by atoms with Gasteiger partial charge in [0.25, 0.3) is 11.8 Å². The van der Waals surface area contributed by atoms with Crippen molar-refractivity contribution < 1.29 is 33.4 Å². The molecule has 1 saturated heterocycles. The third-order valence-corrected chi connectivity index (χ3v) is 6.67. The molecule has 0 bridgehead atoms. The van der Waals surface area contributed by atoms with E-state index >= 15 is 0 Å². The zero-order chi connectivity index (χ0) is 25.7. The highest BCUT2D eigenvalue weighted by molar-refractivity contribution is 9.10. The first-order valence-electron chi connectivity index (χ1n) is 10.7. The molecule has 2 aromatic carbocycles. The van der Waals surface area contributed by atoms with Crippen LogP contribution in [0.1, 0.15) is 27.9 Å². The fraction of sp³-hybridized carbons (Fsp3) is 0.333. The largest absolute Gasteiger partial charge is 0.496 e. The number of rotatable bonds is 8. The third-order valence-electron chi connectivity index (χ3n) is 5.42. The predicted molar refractivity (Wildman–Crippen MR) is 130 cm³/mol. The van der Waals surface area contributed by atoms with Gasteiger partial charge in [-0.1, -0.05) is 22.0 Å². The van der Waals surface area contributed by atoms with Crippen LogP contribution in [0.2, 0.25) is 0 Å². The number of nitrogens with one attached hydrogen (secondary N) is 2. The van der Waals surface area contributed by atoms with Gasteiger partial charge in [0.15, 0.2) is 6.61 Å². The molecule has 1 fully saturated rings. The Morgan fingerprint density at radius 1 is 1.09 bits per heavy atom. The van der Waals surface area contributed by atoms with Crippen molar-refractivity contribution in [3.63, 3.8) is 0 Å². The Bertz CT molecular complexity index is 1120. The molecular weight excluding hydrogens is 522 g/mol. The molecule has 1 aliphatic rings. The van der Waals surface area contributed by atoms with Gasteiger partial charge in [-0.2, -0.15) is 0 Å². The van der Waals surface area contributed by atoms with E-state index in [9.17, 15) is 19.2 Å². The lowest BCUT2D eigenvalue weighted by atomic mass is 10.1. The molecule has 0 aromatic heterocycles. The van der Waals surface area contributed by atoms with Crippen LogP contribution >= 0.6 is 15.9 Å². The number of methoxy groups -OCH3 is 2. The van der Waals surface area contributed by atoms with Crippen molar-refractivity contribution in [2.24, 2.45) is 5.92 Å². The van der Waals surface area contributed by atoms with Crippen molar-refractivity contribution >= 4 is 45.3 Å². The second-order valence-corrected chi connectivity index (χ2v) is 8.76. The van der Waals surface area contributed by atoms with E-state index in [2.05, 4.69) is 26.7 Å². The van der Waals surface area contributed by atoms with Gasteiger partial charge >= 0.3 is 5.97 Å². The summed E-state index contributed by atoms with van der Waals surface area (Å²) in [7, 11) is 2.82. The van der Waals surface area contributed by atoms with Gasteiger partial charge in [-0.3, -0.25) is 29.6 Å². The van der Waals surface area contributed by atoms with Gasteiger partial charge in [-0.05, 0) is 49.2 Å². The summed E-state index contributed by atoms with van der Waals surface area (Å²) in [5, 5.41) is 3.73. The normalized spacial score (nSPS) is 14.9. The summed E-state index contributed by atoms with van der Waals surface area (Å²) in [6, 6.07) is 8.43. The summed E-state index contributed by atoms with van der Waals surface area (Å²) >= 11 is 3.47. The monoisotopic (exact) mass is 547 g/mol. The number of amides is 3. The van der Waals surface area contributed by atoms with E-state index in [0.29, 0.717) is 5.69 Å². The van der Waals surface area contributed by atoms with Crippen LogP contribution in [0.3, 0.4) is 0 Å². The predicted octanol–water partition coefficient (Wildman–Crippen LogP) is 2.76. The number of benzene rings is 2. The van der Waals surface area contributed by atoms with Crippen LogP contribution in [0.5, 0.6) is 11.5 Å². The summed E-state index contributed by atoms with van der Waals surface area (Å²) in [5.74, 6) is -2.58. The van der Waals surface area contributed by atoms with E-state index in [-0.39, 0.29) is 30.0 Å². The highest BCUT2D eigenvalue weighted by Crippen LogP contribution is 2.29. The Morgan fingerprint density at radius 2 is 1.69 bits per heavy atom. The molecule has 1 atom stereocenters. The van der Waals surface area contributed by atoms with Gasteiger partial charge < -0.3 is 19.5 Å². The fourth-order valence-corrected chi connectivity index (χ4v) is 3.93. The average molecular weight is 548 g/mol. The zero-order valence-electron chi connectivity index (χ0n) is 19.8. The standard InChI is InChI=1S/C24H26BrN3O7/c1-13-8-16(9-14(2)22(13)25)26-19(29)12-35-24(32)15-10-20(30)28(11-15)27-23(31)21-17(33-3)6-5-7-18(21)34-4/h5-9,15H,10-12H2,1-4H3,(H,26,29)(H,27,31)/t15-/m1/s1. The SMILES string of the molecule is COc1cccc(OC)c1C(=O)NN1C[C@H](C(=O)OCC(=O)Nc2cc(C)c(Br)c(C)c2)CC1=O. The maximum Gasteiger partial charge on any atom is 0.311 e. The molecule has 1 heterocycles. The summed E-state index contributed by atoms with van der Waals surface area (Å²) in [6.45, 7) is 3.22. The van der Waals surface area contributed by atoms with Crippen LogP contribution in [0.15, 0.2) is 34.8 Å². The van der Waals surface area contributed by atoms with Gasteiger partial charge in [-0.15, -0.1) is 0 Å². The van der Waals surface area contributed by atoms with Crippen LogP contribution in [0.25, 0.3) is 0 Å². The molecule has 2 N–H and O–H groups in total. The second-order valence-electron chi connectivity index (χ2n) is 7.96. The van der Waals surface area contributed by atoms with Crippen LogP contribution in [-0.2, 0) is 19.1 Å². The number of esters is 1. The molecule has 35 heavy (non-hydrogen) atoms. The number of carbonyl (C=O) groups excluding carboxylic acids is 4. The van der Waals surface area contributed by atoms with Crippen molar-refractivity contribution in [2.75, 3.05) is 32.7 Å². The molecule has 0 aliphatic carbocycles. The van der Waals surface area contributed by atoms with Crippen molar-refractivity contribution in [1.82, 2.24) is 10.4 Å². The van der Waals surface area contributed by atoms with E-state index in [1.165, 1.54) is 14.2 Å². The molecule has 0 unspecified atom stereocenters. The van der Waals surface area contributed by atoms with Gasteiger partial charge in [0.1, 0.15) is 17.1 Å². The Hall–Kier alpha value is -3.60. The summed E-state index contributed by atoms with van der Waals surface area (Å²) < 4.78 is 16.5. The van der Waals surface area contributed by atoms with E-state index in [4.69, 9.17) is 14.2 Å². The molecule has 3 rings (SSSR count). The number of hydrogen-bond acceptors (Lipinski definition) is 7. The molecule has 186 valence electrons. The minimum Gasteiger partial charge on any atom is -0.496 e.